The van der Waals surface area contributed by atoms with Gasteiger partial charge in [-0.2, -0.15) is 11.8 Å². The van der Waals surface area contributed by atoms with Gasteiger partial charge in [0.05, 0.1) is 18.8 Å². The summed E-state index contributed by atoms with van der Waals surface area (Å²) in [5, 5.41) is 13.3. The van der Waals surface area contributed by atoms with Gasteiger partial charge in [-0.1, -0.05) is 33.1 Å². The van der Waals surface area contributed by atoms with Crippen molar-refractivity contribution in [2.45, 2.75) is 58.2 Å². The first-order chi connectivity index (χ1) is 9.67. The van der Waals surface area contributed by atoms with E-state index in [2.05, 4.69) is 25.4 Å². The van der Waals surface area contributed by atoms with Gasteiger partial charge < -0.3 is 15.2 Å². The average molecular weight is 304 g/mol. The maximum absolute atomic E-state index is 9.99. The van der Waals surface area contributed by atoms with Crippen LogP contribution in [0.25, 0.3) is 0 Å². The number of ether oxygens (including phenoxy) is 1. The second-order valence-corrected chi connectivity index (χ2v) is 7.11. The second kappa shape index (κ2) is 10.9. The maximum atomic E-state index is 9.99. The van der Waals surface area contributed by atoms with E-state index < -0.39 is 0 Å². The number of hydrogen-bond donors (Lipinski definition) is 2. The third-order valence-corrected chi connectivity index (χ3v) is 5.09. The van der Waals surface area contributed by atoms with Crippen molar-refractivity contribution < 1.29 is 9.84 Å². The third kappa shape index (κ3) is 7.30. The molecule has 0 aromatic rings. The molecule has 1 aliphatic carbocycles. The molecule has 3 nitrogen and oxygen atoms in total. The highest BCUT2D eigenvalue weighted by Crippen LogP contribution is 2.29. The Bertz CT molecular complexity index is 241. The first-order valence-corrected chi connectivity index (χ1v) is 9.56. The summed E-state index contributed by atoms with van der Waals surface area (Å²) in [5.41, 5.74) is 0. The van der Waals surface area contributed by atoms with E-state index >= 15 is 0 Å². The van der Waals surface area contributed by atoms with Gasteiger partial charge in [0.15, 0.2) is 0 Å². The molecule has 0 aromatic carbocycles. The zero-order valence-corrected chi connectivity index (χ0v) is 14.3. The molecule has 20 heavy (non-hydrogen) atoms. The Morgan fingerprint density at radius 2 is 2.05 bits per heavy atom. The molecule has 4 atom stereocenters. The van der Waals surface area contributed by atoms with Crippen LogP contribution < -0.4 is 5.32 Å². The molecule has 0 saturated heterocycles. The molecule has 4 heteroatoms. The fourth-order valence-electron chi connectivity index (χ4n) is 2.99. The van der Waals surface area contributed by atoms with Crippen molar-refractivity contribution in [3.8, 4) is 0 Å². The zero-order valence-electron chi connectivity index (χ0n) is 13.4. The molecule has 120 valence electrons. The van der Waals surface area contributed by atoms with Crippen molar-refractivity contribution in [2.24, 2.45) is 11.8 Å². The predicted molar refractivity (Wildman–Crippen MR) is 88.4 cm³/mol. The predicted octanol–water partition coefficient (Wildman–Crippen LogP) is 2.92. The van der Waals surface area contributed by atoms with Crippen LogP contribution in [0.1, 0.15) is 46.0 Å². The number of nitrogens with one attached hydrogen (secondary N) is 1. The standard InChI is InChI=1S/C16H33NO2S/c1-4-14-7-5-6-8-16(14)19-11-15(18)10-17-9-13(2)12-20-3/h13-18H,4-12H2,1-3H3. The topological polar surface area (TPSA) is 41.5 Å². The fourth-order valence-corrected chi connectivity index (χ4v) is 3.68. The van der Waals surface area contributed by atoms with E-state index in [1.165, 1.54) is 37.9 Å². The van der Waals surface area contributed by atoms with Crippen LogP contribution in [0.5, 0.6) is 0 Å². The number of hydrogen-bond acceptors (Lipinski definition) is 4. The Kier molecular flexibility index (Phi) is 9.95. The average Bonchev–Trinajstić information content (AvgIpc) is 2.45. The van der Waals surface area contributed by atoms with E-state index in [0.717, 1.165) is 6.54 Å². The molecule has 0 spiro atoms. The van der Waals surface area contributed by atoms with Gasteiger partial charge in [-0.05, 0) is 43.2 Å². The van der Waals surface area contributed by atoms with Crippen LogP contribution in [0.2, 0.25) is 0 Å². The molecule has 0 bridgehead atoms. The lowest BCUT2D eigenvalue weighted by molar-refractivity contribution is -0.0499. The highest BCUT2D eigenvalue weighted by atomic mass is 32.2. The van der Waals surface area contributed by atoms with Crippen LogP contribution in [0.15, 0.2) is 0 Å². The third-order valence-electron chi connectivity index (χ3n) is 4.19. The maximum Gasteiger partial charge on any atom is 0.0897 e. The van der Waals surface area contributed by atoms with Crippen LogP contribution in [-0.4, -0.2) is 49.0 Å². The lowest BCUT2D eigenvalue weighted by Gasteiger charge is -2.31. The molecule has 4 unspecified atom stereocenters. The first-order valence-electron chi connectivity index (χ1n) is 8.16. The Hall–Kier alpha value is 0.230. The molecule has 0 radical (unpaired) electrons. The lowest BCUT2D eigenvalue weighted by atomic mass is 9.85. The van der Waals surface area contributed by atoms with Gasteiger partial charge in [0, 0.05) is 6.54 Å². The van der Waals surface area contributed by atoms with Gasteiger partial charge in [-0.15, -0.1) is 0 Å². The summed E-state index contributed by atoms with van der Waals surface area (Å²) >= 11 is 1.87. The molecular formula is C16H33NO2S. The molecule has 0 heterocycles. The van der Waals surface area contributed by atoms with E-state index in [0.29, 0.717) is 31.1 Å². The van der Waals surface area contributed by atoms with Crippen LogP contribution in [0.3, 0.4) is 0 Å². The Balaban J connectivity index is 2.11. The molecule has 1 aliphatic rings. The minimum atomic E-state index is -0.379. The van der Waals surface area contributed by atoms with Crippen molar-refractivity contribution in [1.82, 2.24) is 5.32 Å². The molecule has 2 N–H and O–H groups in total. The van der Waals surface area contributed by atoms with Gasteiger partial charge in [0.1, 0.15) is 0 Å². The van der Waals surface area contributed by atoms with Gasteiger partial charge in [-0.3, -0.25) is 0 Å². The smallest absolute Gasteiger partial charge is 0.0897 e. The summed E-state index contributed by atoms with van der Waals surface area (Å²) < 4.78 is 5.96. The second-order valence-electron chi connectivity index (χ2n) is 6.20. The summed E-state index contributed by atoms with van der Waals surface area (Å²) in [5.74, 6) is 2.52. The van der Waals surface area contributed by atoms with E-state index in [-0.39, 0.29) is 6.10 Å². The number of rotatable bonds is 10. The largest absolute Gasteiger partial charge is 0.389 e. The molecular weight excluding hydrogens is 270 g/mol. The van der Waals surface area contributed by atoms with E-state index in [4.69, 9.17) is 4.74 Å². The molecule has 1 rings (SSSR count). The lowest BCUT2D eigenvalue weighted by Crippen LogP contribution is -2.36. The van der Waals surface area contributed by atoms with Crippen molar-refractivity contribution in [3.63, 3.8) is 0 Å². The van der Waals surface area contributed by atoms with Crippen molar-refractivity contribution in [2.75, 3.05) is 31.7 Å². The Morgan fingerprint density at radius 3 is 2.75 bits per heavy atom. The highest BCUT2D eigenvalue weighted by molar-refractivity contribution is 7.98. The summed E-state index contributed by atoms with van der Waals surface area (Å²) in [7, 11) is 0. The van der Waals surface area contributed by atoms with Crippen LogP contribution in [0.4, 0.5) is 0 Å². The van der Waals surface area contributed by atoms with E-state index in [1.807, 2.05) is 11.8 Å². The molecule has 0 aliphatic heterocycles. The van der Waals surface area contributed by atoms with Crippen molar-refractivity contribution in [3.05, 3.63) is 0 Å². The quantitative estimate of drug-likeness (QED) is 0.651. The van der Waals surface area contributed by atoms with E-state index in [1.54, 1.807) is 0 Å². The highest BCUT2D eigenvalue weighted by Gasteiger charge is 2.24. The number of aliphatic hydroxyl groups is 1. The minimum Gasteiger partial charge on any atom is -0.389 e. The van der Waals surface area contributed by atoms with Crippen LogP contribution in [0, 0.1) is 11.8 Å². The fraction of sp³-hybridized carbons (Fsp3) is 1.00. The summed E-state index contributed by atoms with van der Waals surface area (Å²) in [4.78, 5) is 0. The van der Waals surface area contributed by atoms with Gasteiger partial charge in [-0.25, -0.2) is 0 Å². The Labute approximate surface area is 129 Å². The van der Waals surface area contributed by atoms with Crippen LogP contribution >= 0.6 is 11.8 Å². The number of thioether (sulfide) groups is 1. The van der Waals surface area contributed by atoms with Gasteiger partial charge >= 0.3 is 0 Å². The molecule has 0 amide bonds. The van der Waals surface area contributed by atoms with E-state index in [9.17, 15) is 5.11 Å². The van der Waals surface area contributed by atoms with Gasteiger partial charge in [0.2, 0.25) is 0 Å². The van der Waals surface area contributed by atoms with Crippen molar-refractivity contribution >= 4 is 11.8 Å². The zero-order chi connectivity index (χ0) is 14.8. The monoisotopic (exact) mass is 303 g/mol. The Morgan fingerprint density at radius 1 is 1.30 bits per heavy atom. The number of aliphatic hydroxyl groups excluding tert-OH is 1. The summed E-state index contributed by atoms with van der Waals surface area (Å²) in [6.45, 7) is 6.57. The molecule has 1 saturated carbocycles. The summed E-state index contributed by atoms with van der Waals surface area (Å²) in [6, 6.07) is 0. The first kappa shape index (κ1) is 18.3. The SMILES string of the molecule is CCC1CCCCC1OCC(O)CNCC(C)CSC. The molecule has 1 fully saturated rings. The van der Waals surface area contributed by atoms with Crippen molar-refractivity contribution in [1.29, 1.82) is 0 Å². The van der Waals surface area contributed by atoms with Gasteiger partial charge in [0.25, 0.3) is 0 Å². The normalized spacial score (nSPS) is 26.4. The minimum absolute atomic E-state index is 0.374. The summed E-state index contributed by atoms with van der Waals surface area (Å²) in [6.07, 6.45) is 8.41. The van der Waals surface area contributed by atoms with Crippen LogP contribution in [-0.2, 0) is 4.74 Å². The molecule has 0 aromatic heterocycles.